The molecule has 0 bridgehead atoms. The summed E-state index contributed by atoms with van der Waals surface area (Å²) in [6.45, 7) is 5.78. The highest BCUT2D eigenvalue weighted by atomic mass is 16.3. The minimum absolute atomic E-state index is 0.226. The van der Waals surface area contributed by atoms with E-state index in [9.17, 15) is 10.2 Å². The van der Waals surface area contributed by atoms with Crippen molar-refractivity contribution in [3.05, 3.63) is 29.8 Å². The van der Waals surface area contributed by atoms with E-state index in [1.54, 1.807) is 0 Å². The van der Waals surface area contributed by atoms with Crippen LogP contribution in [-0.2, 0) is 0 Å². The molecule has 1 saturated heterocycles. The van der Waals surface area contributed by atoms with Gasteiger partial charge in [-0.15, -0.1) is 0 Å². The van der Waals surface area contributed by atoms with Gasteiger partial charge in [0, 0.05) is 24.7 Å². The molecule has 0 spiro atoms. The molecule has 1 aromatic carbocycles. The van der Waals surface area contributed by atoms with Gasteiger partial charge in [0.1, 0.15) is 0 Å². The number of nitrogens with zero attached hydrogens (tertiary/aromatic N) is 1. The standard InChI is InChI=1S/C15H23NO2/c1-3-15(18)12-4-6-14(7-5-12)16-9-8-13(10-16)11(2)17/h4-7,11,13,15,17-18H,3,8-10H2,1-2H3/t11?,13?,15-/m0/s1. The smallest absolute Gasteiger partial charge is 0.0787 e. The first-order valence-corrected chi connectivity index (χ1v) is 6.83. The van der Waals surface area contributed by atoms with Crippen LogP contribution in [0.5, 0.6) is 0 Å². The Morgan fingerprint density at radius 3 is 2.44 bits per heavy atom. The summed E-state index contributed by atoms with van der Waals surface area (Å²) < 4.78 is 0. The lowest BCUT2D eigenvalue weighted by atomic mass is 10.0. The average Bonchev–Trinajstić information content (AvgIpc) is 2.88. The number of anilines is 1. The van der Waals surface area contributed by atoms with Crippen LogP contribution < -0.4 is 4.90 Å². The SMILES string of the molecule is CC[C@H](O)c1ccc(N2CCC(C(C)O)C2)cc1. The van der Waals surface area contributed by atoms with E-state index in [1.807, 2.05) is 26.0 Å². The molecule has 100 valence electrons. The van der Waals surface area contributed by atoms with E-state index in [0.717, 1.165) is 31.5 Å². The van der Waals surface area contributed by atoms with Gasteiger partial charge in [-0.1, -0.05) is 19.1 Å². The van der Waals surface area contributed by atoms with Crippen molar-refractivity contribution in [2.24, 2.45) is 5.92 Å². The summed E-state index contributed by atoms with van der Waals surface area (Å²) in [5.41, 5.74) is 2.16. The third-order valence-electron chi connectivity index (χ3n) is 3.94. The Bertz CT molecular complexity index is 375. The molecule has 0 amide bonds. The number of aliphatic hydroxyl groups is 2. The van der Waals surface area contributed by atoms with Crippen molar-refractivity contribution < 1.29 is 10.2 Å². The van der Waals surface area contributed by atoms with Crippen LogP contribution in [0.15, 0.2) is 24.3 Å². The molecule has 0 radical (unpaired) electrons. The predicted molar refractivity (Wildman–Crippen MR) is 73.7 cm³/mol. The lowest BCUT2D eigenvalue weighted by molar-refractivity contribution is 0.136. The predicted octanol–water partition coefficient (Wildman–Crippen LogP) is 2.34. The highest BCUT2D eigenvalue weighted by Crippen LogP contribution is 2.27. The van der Waals surface area contributed by atoms with Gasteiger partial charge in [0.25, 0.3) is 0 Å². The second-order valence-electron chi connectivity index (χ2n) is 5.25. The molecular weight excluding hydrogens is 226 g/mol. The molecule has 1 aromatic rings. The molecule has 2 unspecified atom stereocenters. The Kier molecular flexibility index (Phi) is 4.25. The summed E-state index contributed by atoms with van der Waals surface area (Å²) in [6, 6.07) is 8.13. The van der Waals surface area contributed by atoms with Crippen LogP contribution in [0, 0.1) is 5.92 Å². The average molecular weight is 249 g/mol. The maximum Gasteiger partial charge on any atom is 0.0787 e. The first-order valence-electron chi connectivity index (χ1n) is 6.83. The second-order valence-corrected chi connectivity index (χ2v) is 5.25. The summed E-state index contributed by atoms with van der Waals surface area (Å²) in [6.07, 6.45) is 1.21. The van der Waals surface area contributed by atoms with Crippen molar-refractivity contribution in [1.29, 1.82) is 0 Å². The Morgan fingerprint density at radius 2 is 1.94 bits per heavy atom. The van der Waals surface area contributed by atoms with Gasteiger partial charge in [-0.2, -0.15) is 0 Å². The quantitative estimate of drug-likeness (QED) is 0.861. The van der Waals surface area contributed by atoms with E-state index in [4.69, 9.17) is 0 Å². The van der Waals surface area contributed by atoms with Gasteiger partial charge < -0.3 is 15.1 Å². The molecule has 0 aromatic heterocycles. The molecule has 0 aliphatic carbocycles. The molecule has 1 heterocycles. The van der Waals surface area contributed by atoms with Gasteiger partial charge >= 0.3 is 0 Å². The van der Waals surface area contributed by atoms with Crippen LogP contribution >= 0.6 is 0 Å². The van der Waals surface area contributed by atoms with Crippen LogP contribution in [0.3, 0.4) is 0 Å². The number of benzene rings is 1. The van der Waals surface area contributed by atoms with E-state index in [2.05, 4.69) is 17.0 Å². The molecule has 2 N–H and O–H groups in total. The third-order valence-corrected chi connectivity index (χ3v) is 3.94. The van der Waals surface area contributed by atoms with Crippen molar-refractivity contribution in [2.75, 3.05) is 18.0 Å². The van der Waals surface area contributed by atoms with Crippen molar-refractivity contribution in [3.8, 4) is 0 Å². The van der Waals surface area contributed by atoms with Gasteiger partial charge in [0.05, 0.1) is 12.2 Å². The lowest BCUT2D eigenvalue weighted by Gasteiger charge is -2.20. The zero-order chi connectivity index (χ0) is 13.1. The van der Waals surface area contributed by atoms with E-state index in [0.29, 0.717) is 5.92 Å². The molecule has 3 heteroatoms. The maximum absolute atomic E-state index is 9.75. The van der Waals surface area contributed by atoms with Crippen LogP contribution in [-0.4, -0.2) is 29.4 Å². The molecule has 1 aliphatic rings. The highest BCUT2D eigenvalue weighted by Gasteiger charge is 2.26. The minimum atomic E-state index is -0.358. The molecule has 0 saturated carbocycles. The molecule has 3 nitrogen and oxygen atoms in total. The molecule has 18 heavy (non-hydrogen) atoms. The molecule has 3 atom stereocenters. The Morgan fingerprint density at radius 1 is 1.28 bits per heavy atom. The van der Waals surface area contributed by atoms with Crippen LogP contribution in [0.2, 0.25) is 0 Å². The molecular formula is C15H23NO2. The highest BCUT2D eigenvalue weighted by molar-refractivity contribution is 5.48. The third kappa shape index (κ3) is 2.85. The van der Waals surface area contributed by atoms with Crippen molar-refractivity contribution in [2.45, 2.75) is 38.9 Å². The maximum atomic E-state index is 9.75. The molecule has 1 fully saturated rings. The van der Waals surface area contributed by atoms with Crippen LogP contribution in [0.1, 0.15) is 38.4 Å². The van der Waals surface area contributed by atoms with Crippen molar-refractivity contribution in [3.63, 3.8) is 0 Å². The summed E-state index contributed by atoms with van der Waals surface area (Å²) in [5, 5.41) is 19.4. The monoisotopic (exact) mass is 249 g/mol. The first-order chi connectivity index (χ1) is 8.61. The zero-order valence-corrected chi connectivity index (χ0v) is 11.2. The second kappa shape index (κ2) is 5.72. The normalized spacial score (nSPS) is 23.1. The topological polar surface area (TPSA) is 43.7 Å². The fraction of sp³-hybridized carbons (Fsp3) is 0.600. The lowest BCUT2D eigenvalue weighted by Crippen LogP contribution is -2.23. The number of hydrogen-bond donors (Lipinski definition) is 2. The Labute approximate surface area is 109 Å². The van der Waals surface area contributed by atoms with Crippen molar-refractivity contribution >= 4 is 5.69 Å². The van der Waals surface area contributed by atoms with Crippen LogP contribution in [0.4, 0.5) is 5.69 Å². The first kappa shape index (κ1) is 13.4. The van der Waals surface area contributed by atoms with Gasteiger partial charge in [0.2, 0.25) is 0 Å². The molecule has 1 aliphatic heterocycles. The fourth-order valence-electron chi connectivity index (χ4n) is 2.56. The summed E-state index contributed by atoms with van der Waals surface area (Å²) in [5.74, 6) is 0.380. The summed E-state index contributed by atoms with van der Waals surface area (Å²) in [7, 11) is 0. The van der Waals surface area contributed by atoms with Gasteiger partial charge in [-0.05, 0) is 37.5 Å². The van der Waals surface area contributed by atoms with Crippen molar-refractivity contribution in [1.82, 2.24) is 0 Å². The van der Waals surface area contributed by atoms with Crippen LogP contribution in [0.25, 0.3) is 0 Å². The largest absolute Gasteiger partial charge is 0.393 e. The zero-order valence-electron chi connectivity index (χ0n) is 11.2. The Balaban J connectivity index is 2.02. The number of rotatable bonds is 4. The molecule has 2 rings (SSSR count). The van der Waals surface area contributed by atoms with Gasteiger partial charge in [-0.25, -0.2) is 0 Å². The number of hydrogen-bond acceptors (Lipinski definition) is 3. The van der Waals surface area contributed by atoms with E-state index < -0.39 is 0 Å². The van der Waals surface area contributed by atoms with E-state index >= 15 is 0 Å². The number of aliphatic hydroxyl groups excluding tert-OH is 2. The van der Waals surface area contributed by atoms with Gasteiger partial charge in [-0.3, -0.25) is 0 Å². The van der Waals surface area contributed by atoms with E-state index in [1.165, 1.54) is 5.69 Å². The fourth-order valence-corrected chi connectivity index (χ4v) is 2.56. The van der Waals surface area contributed by atoms with Gasteiger partial charge in [0.15, 0.2) is 0 Å². The minimum Gasteiger partial charge on any atom is -0.393 e. The summed E-state index contributed by atoms with van der Waals surface area (Å²) in [4.78, 5) is 2.31. The van der Waals surface area contributed by atoms with E-state index in [-0.39, 0.29) is 12.2 Å². The Hall–Kier alpha value is -1.06. The summed E-state index contributed by atoms with van der Waals surface area (Å²) >= 11 is 0.